The molecular weight excluding hydrogens is 339 g/mol. The molecule has 1 aliphatic rings. The van der Waals surface area contributed by atoms with Gasteiger partial charge in [-0.2, -0.15) is 0 Å². The van der Waals surface area contributed by atoms with Crippen LogP contribution in [0.15, 0.2) is 16.6 Å². The molecule has 0 amide bonds. The number of fused-ring (bicyclic) bond motifs is 1. The fraction of sp³-hybridized carbons (Fsp3) is 0.500. The van der Waals surface area contributed by atoms with Crippen LogP contribution in [0.1, 0.15) is 6.42 Å². The van der Waals surface area contributed by atoms with Crippen molar-refractivity contribution in [2.75, 3.05) is 38.6 Å². The van der Waals surface area contributed by atoms with E-state index < -0.39 is 0 Å². The Hall–Kier alpha value is -1.18. The molecule has 0 unspecified atom stereocenters. The standard InChI is InChI=1S/C14H18BrFN4O/c15-10-8-13-12(9-11(10)16)18-14(17)20(13)3-1-2-19-4-6-21-7-5-19/h8-9H,1-7H2,(H2,17,18). The molecule has 0 aliphatic carbocycles. The minimum atomic E-state index is -0.319. The van der Waals surface area contributed by atoms with Crippen molar-refractivity contribution in [1.82, 2.24) is 14.5 Å². The van der Waals surface area contributed by atoms with Crippen molar-refractivity contribution in [2.24, 2.45) is 0 Å². The number of ether oxygens (including phenoxy) is 1. The largest absolute Gasteiger partial charge is 0.379 e. The maximum atomic E-state index is 13.5. The summed E-state index contributed by atoms with van der Waals surface area (Å²) in [6, 6.07) is 3.15. The average molecular weight is 357 g/mol. The highest BCUT2D eigenvalue weighted by Crippen LogP contribution is 2.25. The number of nitrogens with zero attached hydrogens (tertiary/aromatic N) is 3. The molecule has 2 heterocycles. The molecule has 2 N–H and O–H groups in total. The van der Waals surface area contributed by atoms with Crippen LogP contribution in [0.5, 0.6) is 0 Å². The smallest absolute Gasteiger partial charge is 0.201 e. The Morgan fingerprint density at radius 3 is 2.81 bits per heavy atom. The van der Waals surface area contributed by atoms with Gasteiger partial charge in [0.2, 0.25) is 5.95 Å². The number of anilines is 1. The fourth-order valence-corrected chi connectivity index (χ4v) is 2.98. The molecule has 1 saturated heterocycles. The molecule has 1 fully saturated rings. The molecule has 21 heavy (non-hydrogen) atoms. The van der Waals surface area contributed by atoms with Crippen molar-refractivity contribution >= 4 is 32.9 Å². The second-order valence-corrected chi connectivity index (χ2v) is 6.04. The van der Waals surface area contributed by atoms with Gasteiger partial charge in [0.25, 0.3) is 0 Å². The second-order valence-electron chi connectivity index (χ2n) is 5.18. The van der Waals surface area contributed by atoms with Crippen LogP contribution in [0.3, 0.4) is 0 Å². The van der Waals surface area contributed by atoms with Gasteiger partial charge in [0.05, 0.1) is 28.7 Å². The van der Waals surface area contributed by atoms with Gasteiger partial charge in [-0.25, -0.2) is 9.37 Å². The van der Waals surface area contributed by atoms with Crippen LogP contribution in [-0.2, 0) is 11.3 Å². The van der Waals surface area contributed by atoms with Crippen molar-refractivity contribution in [3.05, 3.63) is 22.4 Å². The number of nitrogens with two attached hydrogens (primary N) is 1. The minimum Gasteiger partial charge on any atom is -0.379 e. The summed E-state index contributed by atoms with van der Waals surface area (Å²) in [5.41, 5.74) is 7.41. The molecule has 0 bridgehead atoms. The molecule has 3 rings (SSSR count). The van der Waals surface area contributed by atoms with Crippen LogP contribution < -0.4 is 5.73 Å². The molecule has 7 heteroatoms. The predicted molar refractivity (Wildman–Crippen MR) is 83.7 cm³/mol. The first-order valence-electron chi connectivity index (χ1n) is 7.06. The predicted octanol–water partition coefficient (Wildman–Crippen LogP) is 2.24. The van der Waals surface area contributed by atoms with Crippen LogP contribution in [0, 0.1) is 5.82 Å². The van der Waals surface area contributed by atoms with Crippen LogP contribution in [0.4, 0.5) is 10.3 Å². The van der Waals surface area contributed by atoms with Gasteiger partial charge in [-0.3, -0.25) is 4.90 Å². The average Bonchev–Trinajstić information content (AvgIpc) is 2.76. The quantitative estimate of drug-likeness (QED) is 0.912. The highest BCUT2D eigenvalue weighted by atomic mass is 79.9. The first-order chi connectivity index (χ1) is 10.1. The Morgan fingerprint density at radius 2 is 2.05 bits per heavy atom. The lowest BCUT2D eigenvalue weighted by Crippen LogP contribution is -2.37. The van der Waals surface area contributed by atoms with Crippen LogP contribution in [-0.4, -0.2) is 47.3 Å². The Balaban J connectivity index is 1.71. The van der Waals surface area contributed by atoms with Crippen molar-refractivity contribution in [2.45, 2.75) is 13.0 Å². The van der Waals surface area contributed by atoms with E-state index in [9.17, 15) is 4.39 Å². The SMILES string of the molecule is Nc1nc2cc(F)c(Br)cc2n1CCCN1CCOCC1. The summed E-state index contributed by atoms with van der Waals surface area (Å²) in [6.07, 6.45) is 0.977. The van der Waals surface area contributed by atoms with E-state index in [1.807, 2.05) is 4.57 Å². The topological polar surface area (TPSA) is 56.3 Å². The van der Waals surface area contributed by atoms with E-state index in [0.717, 1.165) is 51.3 Å². The summed E-state index contributed by atoms with van der Waals surface area (Å²) < 4.78 is 21.2. The summed E-state index contributed by atoms with van der Waals surface area (Å²) in [6.45, 7) is 5.36. The van der Waals surface area contributed by atoms with E-state index in [0.29, 0.717) is 15.9 Å². The molecule has 2 aromatic rings. The number of morpholine rings is 1. The van der Waals surface area contributed by atoms with Crippen molar-refractivity contribution in [3.63, 3.8) is 0 Å². The van der Waals surface area contributed by atoms with E-state index >= 15 is 0 Å². The molecule has 5 nitrogen and oxygen atoms in total. The number of nitrogen functional groups attached to an aromatic ring is 1. The lowest BCUT2D eigenvalue weighted by atomic mass is 10.3. The van der Waals surface area contributed by atoms with E-state index in [2.05, 4.69) is 25.8 Å². The first kappa shape index (κ1) is 14.7. The van der Waals surface area contributed by atoms with Gasteiger partial charge in [0.15, 0.2) is 0 Å². The number of hydrogen-bond acceptors (Lipinski definition) is 4. The molecule has 114 valence electrons. The molecule has 0 atom stereocenters. The summed E-state index contributed by atoms with van der Waals surface area (Å²) in [5, 5.41) is 0. The maximum Gasteiger partial charge on any atom is 0.201 e. The Kier molecular flexibility index (Phi) is 4.42. The zero-order valence-electron chi connectivity index (χ0n) is 11.7. The monoisotopic (exact) mass is 356 g/mol. The Bertz CT molecular complexity index is 639. The maximum absolute atomic E-state index is 13.5. The van der Waals surface area contributed by atoms with Gasteiger partial charge in [0.1, 0.15) is 5.82 Å². The molecule has 1 aromatic heterocycles. The zero-order chi connectivity index (χ0) is 14.8. The Morgan fingerprint density at radius 1 is 1.29 bits per heavy atom. The molecular formula is C14H18BrFN4O. The van der Waals surface area contributed by atoms with E-state index in [1.165, 1.54) is 6.07 Å². The number of aromatic nitrogens is 2. The third kappa shape index (κ3) is 3.20. The fourth-order valence-electron chi connectivity index (χ4n) is 2.65. The highest BCUT2D eigenvalue weighted by molar-refractivity contribution is 9.10. The normalized spacial score (nSPS) is 16.7. The number of halogens is 2. The first-order valence-corrected chi connectivity index (χ1v) is 7.85. The van der Waals surface area contributed by atoms with Gasteiger partial charge in [-0.15, -0.1) is 0 Å². The number of hydrogen-bond donors (Lipinski definition) is 1. The van der Waals surface area contributed by atoms with Gasteiger partial charge in [-0.1, -0.05) is 0 Å². The molecule has 0 spiro atoms. The van der Waals surface area contributed by atoms with Gasteiger partial charge in [-0.05, 0) is 28.4 Å². The third-order valence-corrected chi connectivity index (χ3v) is 4.39. The Labute approximate surface area is 131 Å². The zero-order valence-corrected chi connectivity index (χ0v) is 13.3. The molecule has 0 saturated carbocycles. The van der Waals surface area contributed by atoms with Crippen molar-refractivity contribution in [3.8, 4) is 0 Å². The van der Waals surface area contributed by atoms with Crippen molar-refractivity contribution in [1.29, 1.82) is 0 Å². The van der Waals surface area contributed by atoms with E-state index in [1.54, 1.807) is 6.07 Å². The van der Waals surface area contributed by atoms with E-state index in [4.69, 9.17) is 10.5 Å². The van der Waals surface area contributed by atoms with Gasteiger partial charge in [0, 0.05) is 32.2 Å². The van der Waals surface area contributed by atoms with Crippen molar-refractivity contribution < 1.29 is 9.13 Å². The lowest BCUT2D eigenvalue weighted by molar-refractivity contribution is 0.0370. The van der Waals surface area contributed by atoms with Crippen LogP contribution >= 0.6 is 15.9 Å². The molecule has 0 radical (unpaired) electrons. The molecule has 1 aromatic carbocycles. The van der Waals surface area contributed by atoms with Crippen LogP contribution in [0.2, 0.25) is 0 Å². The molecule has 1 aliphatic heterocycles. The number of imidazole rings is 1. The summed E-state index contributed by atoms with van der Waals surface area (Å²) in [7, 11) is 0. The van der Waals surface area contributed by atoms with Crippen LogP contribution in [0.25, 0.3) is 11.0 Å². The van der Waals surface area contributed by atoms with Gasteiger partial charge >= 0.3 is 0 Å². The second kappa shape index (κ2) is 6.29. The number of aryl methyl sites for hydroxylation is 1. The van der Waals surface area contributed by atoms with E-state index in [-0.39, 0.29) is 5.82 Å². The summed E-state index contributed by atoms with van der Waals surface area (Å²) in [5.74, 6) is 0.116. The number of rotatable bonds is 4. The number of benzene rings is 1. The summed E-state index contributed by atoms with van der Waals surface area (Å²) >= 11 is 3.21. The lowest BCUT2D eigenvalue weighted by Gasteiger charge is -2.26. The minimum absolute atomic E-state index is 0.319. The summed E-state index contributed by atoms with van der Waals surface area (Å²) in [4.78, 5) is 6.61. The highest BCUT2D eigenvalue weighted by Gasteiger charge is 2.13. The third-order valence-electron chi connectivity index (χ3n) is 3.78. The van der Waals surface area contributed by atoms with Gasteiger partial charge < -0.3 is 15.0 Å².